The maximum Gasteiger partial charge on any atom is 0.337 e. The molecule has 0 bridgehead atoms. The van der Waals surface area contributed by atoms with E-state index >= 15 is 0 Å². The van der Waals surface area contributed by atoms with Gasteiger partial charge in [0.1, 0.15) is 17.3 Å². The minimum absolute atomic E-state index is 0.130. The van der Waals surface area contributed by atoms with Crippen molar-refractivity contribution < 1.29 is 33.0 Å². The van der Waals surface area contributed by atoms with Gasteiger partial charge in [0.15, 0.2) is 18.1 Å². The molecule has 1 aliphatic heterocycles. The average Bonchev–Trinajstić information content (AvgIpc) is 3.12. The van der Waals surface area contributed by atoms with Crippen LogP contribution in [0.2, 0.25) is 0 Å². The number of hydrogen-bond acceptors (Lipinski definition) is 6. The second-order valence-corrected chi connectivity index (χ2v) is 6.93. The second kappa shape index (κ2) is 8.85. The van der Waals surface area contributed by atoms with Gasteiger partial charge in [0, 0.05) is 11.6 Å². The van der Waals surface area contributed by atoms with Gasteiger partial charge in [0.2, 0.25) is 5.78 Å². The zero-order valence-corrected chi connectivity index (χ0v) is 17.0. The van der Waals surface area contributed by atoms with Crippen molar-refractivity contribution in [3.63, 3.8) is 0 Å². The monoisotopic (exact) mass is 432 g/mol. The summed E-state index contributed by atoms with van der Waals surface area (Å²) >= 11 is 0. The van der Waals surface area contributed by atoms with Crippen molar-refractivity contribution in [1.82, 2.24) is 0 Å². The van der Waals surface area contributed by atoms with Crippen molar-refractivity contribution in [2.24, 2.45) is 0 Å². The number of esters is 1. The van der Waals surface area contributed by atoms with Gasteiger partial charge in [-0.25, -0.2) is 9.18 Å². The molecule has 160 valence electrons. The number of allylic oxidation sites excluding steroid dienone is 1. The van der Waals surface area contributed by atoms with E-state index in [1.54, 1.807) is 42.5 Å². The maximum atomic E-state index is 13.0. The second-order valence-electron chi connectivity index (χ2n) is 6.93. The molecule has 1 aliphatic rings. The van der Waals surface area contributed by atoms with Gasteiger partial charge in [0.05, 0.1) is 18.2 Å². The van der Waals surface area contributed by atoms with Crippen molar-refractivity contribution in [2.45, 2.75) is 0 Å². The fourth-order valence-corrected chi connectivity index (χ4v) is 3.11. The molecule has 0 unspecified atom stereocenters. The smallest absolute Gasteiger partial charge is 0.337 e. The number of carbonyl (C=O) groups excluding carboxylic acids is 3. The van der Waals surface area contributed by atoms with Crippen LogP contribution >= 0.6 is 0 Å². The highest BCUT2D eigenvalue weighted by molar-refractivity contribution is 6.14. The molecule has 0 saturated carbocycles. The lowest BCUT2D eigenvalue weighted by atomic mass is 10.1. The summed E-state index contributed by atoms with van der Waals surface area (Å²) in [6.07, 6.45) is 1.57. The Labute approximate surface area is 182 Å². The quantitative estimate of drug-likeness (QED) is 0.324. The minimum Gasteiger partial charge on any atom is -0.485 e. The standard InChI is InChI=1S/C25H17FO6/c1-30-25(29)17-4-2-15(3-5-17)12-23-24(28)20-11-10-19(13-22(20)32-23)31-14-21(27)16-6-8-18(26)9-7-16/h2-13H,14H2,1H3. The highest BCUT2D eigenvalue weighted by Crippen LogP contribution is 2.35. The number of fused-ring (bicyclic) bond motifs is 1. The Balaban J connectivity index is 1.45. The Morgan fingerprint density at radius 2 is 1.66 bits per heavy atom. The molecule has 0 atom stereocenters. The Morgan fingerprint density at radius 3 is 2.34 bits per heavy atom. The first kappa shape index (κ1) is 21.0. The van der Waals surface area contributed by atoms with Crippen molar-refractivity contribution in [3.8, 4) is 11.5 Å². The van der Waals surface area contributed by atoms with Crippen molar-refractivity contribution in [3.05, 3.63) is 101 Å². The number of hydrogen-bond donors (Lipinski definition) is 0. The minimum atomic E-state index is -0.449. The molecule has 0 N–H and O–H groups in total. The van der Waals surface area contributed by atoms with Gasteiger partial charge in [-0.3, -0.25) is 9.59 Å². The summed E-state index contributed by atoms with van der Waals surface area (Å²) in [6.45, 7) is -0.242. The van der Waals surface area contributed by atoms with Crippen LogP contribution in [0, 0.1) is 5.82 Å². The third-order valence-electron chi connectivity index (χ3n) is 4.81. The Bertz CT molecular complexity index is 1230. The van der Waals surface area contributed by atoms with Crippen LogP contribution in [-0.4, -0.2) is 31.3 Å². The summed E-state index contributed by atoms with van der Waals surface area (Å²) in [6, 6.07) is 16.4. The molecule has 0 saturated heterocycles. The molecule has 6 nitrogen and oxygen atoms in total. The van der Waals surface area contributed by atoms with Gasteiger partial charge in [-0.2, -0.15) is 0 Å². The van der Waals surface area contributed by atoms with E-state index in [0.717, 1.165) is 0 Å². The van der Waals surface area contributed by atoms with E-state index in [4.69, 9.17) is 9.47 Å². The number of ketones is 2. The lowest BCUT2D eigenvalue weighted by Crippen LogP contribution is -2.11. The molecule has 3 aromatic rings. The fraction of sp³-hybridized carbons (Fsp3) is 0.0800. The number of halogens is 1. The van der Waals surface area contributed by atoms with Crippen LogP contribution in [0.25, 0.3) is 6.08 Å². The third-order valence-corrected chi connectivity index (χ3v) is 4.81. The molecular weight excluding hydrogens is 415 g/mol. The molecular formula is C25H17FO6. The molecule has 3 aromatic carbocycles. The number of benzene rings is 3. The van der Waals surface area contributed by atoms with Crippen LogP contribution in [0.4, 0.5) is 4.39 Å². The van der Waals surface area contributed by atoms with Gasteiger partial charge in [0.25, 0.3) is 0 Å². The molecule has 0 aromatic heterocycles. The first-order valence-corrected chi connectivity index (χ1v) is 9.63. The topological polar surface area (TPSA) is 78.9 Å². The highest BCUT2D eigenvalue weighted by atomic mass is 19.1. The van der Waals surface area contributed by atoms with E-state index in [1.807, 2.05) is 0 Å². The van der Waals surface area contributed by atoms with E-state index in [2.05, 4.69) is 4.74 Å². The summed E-state index contributed by atoms with van der Waals surface area (Å²) in [7, 11) is 1.30. The summed E-state index contributed by atoms with van der Waals surface area (Å²) in [4.78, 5) is 36.3. The number of methoxy groups -OCH3 is 1. The average molecular weight is 432 g/mol. The molecule has 0 spiro atoms. The largest absolute Gasteiger partial charge is 0.485 e. The Hall–Kier alpha value is -4.26. The first-order valence-electron chi connectivity index (χ1n) is 9.63. The summed E-state index contributed by atoms with van der Waals surface area (Å²) in [5, 5.41) is 0. The van der Waals surface area contributed by atoms with Gasteiger partial charge in [-0.1, -0.05) is 12.1 Å². The number of Topliss-reactive ketones (excluding diaryl/α,β-unsaturated/α-hetero) is 2. The molecule has 0 fully saturated rings. The molecule has 0 amide bonds. The van der Waals surface area contributed by atoms with Crippen LogP contribution in [0.1, 0.15) is 36.6 Å². The van der Waals surface area contributed by atoms with Crippen LogP contribution in [0.15, 0.2) is 72.5 Å². The molecule has 0 radical (unpaired) electrons. The van der Waals surface area contributed by atoms with Crippen LogP contribution < -0.4 is 9.47 Å². The number of carbonyl (C=O) groups is 3. The highest BCUT2D eigenvalue weighted by Gasteiger charge is 2.27. The van der Waals surface area contributed by atoms with Gasteiger partial charge in [-0.05, 0) is 60.2 Å². The maximum absolute atomic E-state index is 13.0. The summed E-state index contributed by atoms with van der Waals surface area (Å²) in [5.74, 6) is -0.661. The molecule has 32 heavy (non-hydrogen) atoms. The SMILES string of the molecule is COC(=O)c1ccc(C=C2Oc3cc(OCC(=O)c4ccc(F)cc4)ccc3C2=O)cc1. The van der Waals surface area contributed by atoms with Gasteiger partial charge in [-0.15, -0.1) is 0 Å². The molecule has 1 heterocycles. The third kappa shape index (κ3) is 4.41. The fourth-order valence-electron chi connectivity index (χ4n) is 3.11. The predicted octanol–water partition coefficient (Wildman–Crippen LogP) is 4.49. The van der Waals surface area contributed by atoms with Crippen molar-refractivity contribution >= 4 is 23.6 Å². The van der Waals surface area contributed by atoms with Crippen LogP contribution in [-0.2, 0) is 4.74 Å². The molecule has 4 rings (SSSR count). The molecule has 0 aliphatic carbocycles. The van der Waals surface area contributed by atoms with Gasteiger partial charge < -0.3 is 14.2 Å². The van der Waals surface area contributed by atoms with Crippen LogP contribution in [0.3, 0.4) is 0 Å². The van der Waals surface area contributed by atoms with E-state index < -0.39 is 11.8 Å². The lowest BCUT2D eigenvalue weighted by molar-refractivity contribution is 0.0600. The summed E-state index contributed by atoms with van der Waals surface area (Å²) < 4.78 is 28.8. The number of rotatable bonds is 6. The Kier molecular flexibility index (Phi) is 5.81. The zero-order valence-electron chi connectivity index (χ0n) is 17.0. The van der Waals surface area contributed by atoms with Crippen LogP contribution in [0.5, 0.6) is 11.5 Å². The van der Waals surface area contributed by atoms with E-state index in [0.29, 0.717) is 33.8 Å². The zero-order chi connectivity index (χ0) is 22.7. The number of ether oxygens (including phenoxy) is 3. The normalized spacial score (nSPS) is 13.4. The lowest BCUT2D eigenvalue weighted by Gasteiger charge is -2.07. The predicted molar refractivity (Wildman–Crippen MR) is 113 cm³/mol. The molecule has 7 heteroatoms. The van der Waals surface area contributed by atoms with E-state index in [1.165, 1.54) is 37.4 Å². The Morgan fingerprint density at radius 1 is 0.969 bits per heavy atom. The van der Waals surface area contributed by atoms with Crippen molar-refractivity contribution in [2.75, 3.05) is 13.7 Å². The summed E-state index contributed by atoms with van der Waals surface area (Å²) in [5.41, 5.74) is 1.78. The van der Waals surface area contributed by atoms with Crippen molar-refractivity contribution in [1.29, 1.82) is 0 Å². The first-order chi connectivity index (χ1) is 15.4. The van der Waals surface area contributed by atoms with E-state index in [9.17, 15) is 18.8 Å². The van der Waals surface area contributed by atoms with E-state index in [-0.39, 0.29) is 23.9 Å². The van der Waals surface area contributed by atoms with Gasteiger partial charge >= 0.3 is 5.97 Å².